The number of hydrogen-bond acceptors (Lipinski definition) is 6. The van der Waals surface area contributed by atoms with Crippen molar-refractivity contribution in [2.45, 2.75) is 11.8 Å². The van der Waals surface area contributed by atoms with Crippen LogP contribution in [0.3, 0.4) is 0 Å². The molecule has 2 aromatic rings. The molecule has 0 aliphatic carbocycles. The Kier molecular flexibility index (Phi) is 6.07. The van der Waals surface area contributed by atoms with Gasteiger partial charge in [-0.3, -0.25) is 14.8 Å². The summed E-state index contributed by atoms with van der Waals surface area (Å²) in [6.45, 7) is 6.51. The zero-order valence-electron chi connectivity index (χ0n) is 15.3. The van der Waals surface area contributed by atoms with Gasteiger partial charge in [0.05, 0.1) is 21.3 Å². The summed E-state index contributed by atoms with van der Waals surface area (Å²) in [7, 11) is -4.00. The van der Waals surface area contributed by atoms with Crippen LogP contribution in [0.5, 0.6) is 0 Å². The highest BCUT2D eigenvalue weighted by Gasteiger charge is 2.24. The van der Waals surface area contributed by atoms with Crippen LogP contribution in [-0.2, 0) is 10.0 Å². The van der Waals surface area contributed by atoms with E-state index in [-0.39, 0.29) is 15.6 Å². The molecule has 10 heteroatoms. The van der Waals surface area contributed by atoms with E-state index in [1.165, 1.54) is 0 Å². The SMILES string of the molecule is CCN1CCN(c2ccccc2NS(=O)(=O)c2ccc([N+](=O)[O-])cc2Cl)CC1. The average molecular weight is 425 g/mol. The number of benzene rings is 2. The molecule has 1 aliphatic heterocycles. The smallest absolute Gasteiger partial charge is 0.271 e. The van der Waals surface area contributed by atoms with Gasteiger partial charge in [-0.2, -0.15) is 0 Å². The Bertz CT molecular complexity index is 975. The number of nitrogens with zero attached hydrogens (tertiary/aromatic N) is 3. The molecule has 0 bridgehead atoms. The van der Waals surface area contributed by atoms with Crippen molar-refractivity contribution in [3.63, 3.8) is 0 Å². The third-order valence-electron chi connectivity index (χ3n) is 4.72. The van der Waals surface area contributed by atoms with Gasteiger partial charge in [-0.1, -0.05) is 30.7 Å². The summed E-state index contributed by atoms with van der Waals surface area (Å²) >= 11 is 6.01. The molecule has 1 saturated heterocycles. The monoisotopic (exact) mass is 424 g/mol. The number of likely N-dealkylation sites (N-methyl/N-ethyl adjacent to an activating group) is 1. The molecule has 8 nitrogen and oxygen atoms in total. The van der Waals surface area contributed by atoms with Gasteiger partial charge < -0.3 is 9.80 Å². The number of nitro benzene ring substituents is 1. The van der Waals surface area contributed by atoms with Crippen molar-refractivity contribution in [3.8, 4) is 0 Å². The largest absolute Gasteiger partial charge is 0.367 e. The third kappa shape index (κ3) is 4.37. The van der Waals surface area contributed by atoms with Crippen LogP contribution in [0.1, 0.15) is 6.92 Å². The zero-order valence-corrected chi connectivity index (χ0v) is 16.9. The van der Waals surface area contributed by atoms with Crippen LogP contribution >= 0.6 is 11.6 Å². The van der Waals surface area contributed by atoms with Crippen molar-refractivity contribution in [1.29, 1.82) is 0 Å². The van der Waals surface area contributed by atoms with E-state index in [4.69, 9.17) is 11.6 Å². The highest BCUT2D eigenvalue weighted by molar-refractivity contribution is 7.92. The van der Waals surface area contributed by atoms with Crippen LogP contribution in [0.25, 0.3) is 0 Å². The van der Waals surface area contributed by atoms with Crippen LogP contribution in [0.4, 0.5) is 17.1 Å². The van der Waals surface area contributed by atoms with E-state index in [0.717, 1.165) is 56.6 Å². The number of hydrogen-bond donors (Lipinski definition) is 1. The van der Waals surface area contributed by atoms with Crippen molar-refractivity contribution < 1.29 is 13.3 Å². The molecule has 1 heterocycles. The molecule has 1 fully saturated rings. The Labute approximate surface area is 168 Å². The molecular weight excluding hydrogens is 404 g/mol. The molecular formula is C18H21ClN4O4S. The van der Waals surface area contributed by atoms with Gasteiger partial charge in [0.15, 0.2) is 0 Å². The molecule has 150 valence electrons. The second kappa shape index (κ2) is 8.34. The van der Waals surface area contributed by atoms with E-state index in [1.807, 2.05) is 12.1 Å². The molecule has 1 N–H and O–H groups in total. The number of anilines is 2. The molecule has 0 spiro atoms. The first-order valence-electron chi connectivity index (χ1n) is 8.85. The maximum Gasteiger partial charge on any atom is 0.271 e. The highest BCUT2D eigenvalue weighted by Crippen LogP contribution is 2.31. The van der Waals surface area contributed by atoms with Gasteiger partial charge in [0.1, 0.15) is 4.90 Å². The van der Waals surface area contributed by atoms with Gasteiger partial charge in [-0.05, 0) is 24.7 Å². The fourth-order valence-electron chi connectivity index (χ4n) is 3.16. The van der Waals surface area contributed by atoms with Gasteiger partial charge >= 0.3 is 0 Å². The molecule has 0 aromatic heterocycles. The average Bonchev–Trinajstić information content (AvgIpc) is 2.68. The summed E-state index contributed by atoms with van der Waals surface area (Å²) in [5.74, 6) is 0. The maximum absolute atomic E-state index is 12.8. The molecule has 0 atom stereocenters. The number of sulfonamides is 1. The van der Waals surface area contributed by atoms with E-state index in [1.54, 1.807) is 12.1 Å². The summed E-state index contributed by atoms with van der Waals surface area (Å²) in [6.07, 6.45) is 0. The first-order chi connectivity index (χ1) is 13.3. The summed E-state index contributed by atoms with van der Waals surface area (Å²) in [5, 5.41) is 10.6. The molecule has 3 rings (SSSR count). The van der Waals surface area contributed by atoms with Gasteiger partial charge in [-0.15, -0.1) is 0 Å². The van der Waals surface area contributed by atoms with Crippen molar-refractivity contribution in [1.82, 2.24) is 4.90 Å². The van der Waals surface area contributed by atoms with Crippen LogP contribution in [0, 0.1) is 10.1 Å². The predicted octanol–water partition coefficient (Wildman–Crippen LogP) is 3.19. The Morgan fingerprint density at radius 1 is 1.14 bits per heavy atom. The molecule has 0 radical (unpaired) electrons. The number of non-ortho nitro benzene ring substituents is 1. The topological polar surface area (TPSA) is 95.8 Å². The number of piperazine rings is 1. The van der Waals surface area contributed by atoms with Crippen molar-refractivity contribution >= 4 is 38.7 Å². The van der Waals surface area contributed by atoms with Crippen molar-refractivity contribution in [2.75, 3.05) is 42.3 Å². The fourth-order valence-corrected chi connectivity index (χ4v) is 4.78. The Balaban J connectivity index is 1.87. The normalized spacial score (nSPS) is 15.4. The Hall–Kier alpha value is -2.36. The maximum atomic E-state index is 12.8. The van der Waals surface area contributed by atoms with E-state index >= 15 is 0 Å². The van der Waals surface area contributed by atoms with E-state index < -0.39 is 14.9 Å². The number of nitrogens with one attached hydrogen (secondary N) is 1. The highest BCUT2D eigenvalue weighted by atomic mass is 35.5. The van der Waals surface area contributed by atoms with E-state index in [2.05, 4.69) is 21.4 Å². The van der Waals surface area contributed by atoms with Gasteiger partial charge in [0.2, 0.25) is 0 Å². The second-order valence-electron chi connectivity index (χ2n) is 6.42. The van der Waals surface area contributed by atoms with E-state index in [0.29, 0.717) is 5.69 Å². The minimum absolute atomic E-state index is 0.198. The summed E-state index contributed by atoms with van der Waals surface area (Å²) in [5.41, 5.74) is 0.972. The van der Waals surface area contributed by atoms with Gasteiger partial charge in [0.25, 0.3) is 15.7 Å². The summed E-state index contributed by atoms with van der Waals surface area (Å²) in [6, 6.07) is 10.5. The van der Waals surface area contributed by atoms with E-state index in [9.17, 15) is 18.5 Å². The fraction of sp³-hybridized carbons (Fsp3) is 0.333. The summed E-state index contributed by atoms with van der Waals surface area (Å²) < 4.78 is 28.3. The first-order valence-corrected chi connectivity index (χ1v) is 10.7. The Morgan fingerprint density at radius 2 is 1.82 bits per heavy atom. The number of rotatable bonds is 6. The second-order valence-corrected chi connectivity index (χ2v) is 8.47. The molecule has 1 aliphatic rings. The zero-order chi connectivity index (χ0) is 20.3. The van der Waals surface area contributed by atoms with Gasteiger partial charge in [-0.25, -0.2) is 8.42 Å². The minimum atomic E-state index is -4.00. The lowest BCUT2D eigenvalue weighted by atomic mass is 10.2. The lowest BCUT2D eigenvalue weighted by Crippen LogP contribution is -2.46. The first kappa shape index (κ1) is 20.4. The summed E-state index contributed by atoms with van der Waals surface area (Å²) in [4.78, 5) is 14.5. The standard InChI is InChI=1S/C18H21ClN4O4S/c1-2-21-9-11-22(12-10-21)17-6-4-3-5-16(17)20-28(26,27)18-8-7-14(23(24)25)13-15(18)19/h3-8,13,20H,2,9-12H2,1H3. The van der Waals surface area contributed by atoms with Gasteiger partial charge in [0, 0.05) is 38.3 Å². The van der Waals surface area contributed by atoms with Crippen LogP contribution < -0.4 is 9.62 Å². The lowest BCUT2D eigenvalue weighted by Gasteiger charge is -2.36. The molecule has 0 saturated carbocycles. The molecule has 0 amide bonds. The number of para-hydroxylation sites is 2. The Morgan fingerprint density at radius 3 is 2.43 bits per heavy atom. The molecule has 0 unspecified atom stereocenters. The number of halogens is 1. The third-order valence-corrected chi connectivity index (χ3v) is 6.57. The van der Waals surface area contributed by atoms with Crippen molar-refractivity contribution in [3.05, 3.63) is 57.6 Å². The lowest BCUT2D eigenvalue weighted by molar-refractivity contribution is -0.384. The predicted molar refractivity (Wildman–Crippen MR) is 110 cm³/mol. The van der Waals surface area contributed by atoms with Crippen LogP contribution in [0.15, 0.2) is 47.4 Å². The van der Waals surface area contributed by atoms with Crippen molar-refractivity contribution in [2.24, 2.45) is 0 Å². The molecule has 28 heavy (non-hydrogen) atoms. The molecule has 2 aromatic carbocycles. The minimum Gasteiger partial charge on any atom is -0.367 e. The van der Waals surface area contributed by atoms with Crippen LogP contribution in [-0.4, -0.2) is 51.0 Å². The quantitative estimate of drug-likeness (QED) is 0.565. The number of nitro groups is 1. The van der Waals surface area contributed by atoms with Crippen LogP contribution in [0.2, 0.25) is 5.02 Å².